The first-order chi connectivity index (χ1) is 12.5. The Bertz CT molecular complexity index is 779. The zero-order chi connectivity index (χ0) is 18.6. The summed E-state index contributed by atoms with van der Waals surface area (Å²) in [7, 11) is 0. The molecular formula is C20H26N2O4. The minimum Gasteiger partial charge on any atom is -0.466 e. The Kier molecular flexibility index (Phi) is 5.61. The number of hydrogen-bond donors (Lipinski definition) is 1. The molecule has 0 spiro atoms. The molecule has 140 valence electrons. The van der Waals surface area contributed by atoms with E-state index in [1.54, 1.807) is 13.2 Å². The first-order valence-corrected chi connectivity index (χ1v) is 9.18. The number of nitrogens with one attached hydrogen (secondary N) is 1. The van der Waals surface area contributed by atoms with Crippen LogP contribution in [0.2, 0.25) is 0 Å². The van der Waals surface area contributed by atoms with Crippen molar-refractivity contribution in [3.63, 3.8) is 0 Å². The Balaban J connectivity index is 1.69. The zero-order valence-corrected chi connectivity index (χ0v) is 15.4. The second-order valence-corrected chi connectivity index (χ2v) is 6.94. The van der Waals surface area contributed by atoms with E-state index in [-0.39, 0.29) is 11.9 Å². The van der Waals surface area contributed by atoms with E-state index in [0.717, 1.165) is 29.5 Å². The van der Waals surface area contributed by atoms with Gasteiger partial charge in [0, 0.05) is 24.9 Å². The highest BCUT2D eigenvalue weighted by Gasteiger charge is 2.41. The van der Waals surface area contributed by atoms with Crippen LogP contribution in [-0.2, 0) is 20.9 Å². The van der Waals surface area contributed by atoms with Crippen LogP contribution in [-0.4, -0.2) is 42.0 Å². The number of rotatable bonds is 8. The molecule has 0 saturated carbocycles. The molecule has 1 fully saturated rings. The van der Waals surface area contributed by atoms with Crippen molar-refractivity contribution in [3.05, 3.63) is 36.1 Å². The van der Waals surface area contributed by atoms with Gasteiger partial charge in [-0.05, 0) is 50.9 Å². The van der Waals surface area contributed by atoms with Gasteiger partial charge in [0.2, 0.25) is 5.91 Å². The maximum Gasteiger partial charge on any atom is 0.305 e. The van der Waals surface area contributed by atoms with Crippen molar-refractivity contribution in [1.29, 1.82) is 0 Å². The molecule has 1 N–H and O–H groups in total. The number of amides is 1. The molecule has 6 nitrogen and oxygen atoms in total. The van der Waals surface area contributed by atoms with Gasteiger partial charge >= 0.3 is 5.97 Å². The van der Waals surface area contributed by atoms with Gasteiger partial charge in [-0.1, -0.05) is 12.1 Å². The fourth-order valence-electron chi connectivity index (χ4n) is 3.25. The number of carbonyl (C=O) groups is 2. The SMILES string of the molecule is CCOC(=O)CCCN(Cc1ccc2ccoc2c1)C(=O)C1(C)CCN1. The molecule has 3 rings (SSSR count). The number of esters is 1. The van der Waals surface area contributed by atoms with Crippen molar-refractivity contribution in [2.45, 2.75) is 45.2 Å². The maximum absolute atomic E-state index is 13.0. The van der Waals surface area contributed by atoms with Gasteiger partial charge in [-0.25, -0.2) is 0 Å². The first kappa shape index (κ1) is 18.5. The second-order valence-electron chi connectivity index (χ2n) is 6.94. The van der Waals surface area contributed by atoms with E-state index in [2.05, 4.69) is 5.32 Å². The van der Waals surface area contributed by atoms with E-state index >= 15 is 0 Å². The summed E-state index contributed by atoms with van der Waals surface area (Å²) >= 11 is 0. The van der Waals surface area contributed by atoms with E-state index in [1.807, 2.05) is 36.1 Å². The van der Waals surface area contributed by atoms with Crippen LogP contribution in [0, 0.1) is 0 Å². The number of hydrogen-bond acceptors (Lipinski definition) is 5. The normalized spacial score (nSPS) is 19.2. The fourth-order valence-corrected chi connectivity index (χ4v) is 3.25. The summed E-state index contributed by atoms with van der Waals surface area (Å²) in [5, 5.41) is 4.27. The molecule has 1 aromatic heterocycles. The monoisotopic (exact) mass is 358 g/mol. The van der Waals surface area contributed by atoms with E-state index in [1.165, 1.54) is 0 Å². The number of nitrogens with zero attached hydrogens (tertiary/aromatic N) is 1. The molecular weight excluding hydrogens is 332 g/mol. The highest BCUT2D eigenvalue weighted by Crippen LogP contribution is 2.24. The van der Waals surface area contributed by atoms with Crippen molar-refractivity contribution >= 4 is 22.8 Å². The lowest BCUT2D eigenvalue weighted by Crippen LogP contribution is -2.64. The molecule has 1 aromatic carbocycles. The summed E-state index contributed by atoms with van der Waals surface area (Å²) in [6, 6.07) is 7.90. The van der Waals surface area contributed by atoms with Gasteiger partial charge < -0.3 is 19.4 Å². The van der Waals surface area contributed by atoms with Crippen LogP contribution in [0.1, 0.15) is 38.7 Å². The Morgan fingerprint density at radius 3 is 2.85 bits per heavy atom. The molecule has 0 aliphatic carbocycles. The number of carbonyl (C=O) groups excluding carboxylic acids is 2. The summed E-state index contributed by atoms with van der Waals surface area (Å²) in [5.74, 6) is -0.142. The van der Waals surface area contributed by atoms with Crippen molar-refractivity contribution in [1.82, 2.24) is 10.2 Å². The van der Waals surface area contributed by atoms with Gasteiger partial charge in [0.1, 0.15) is 5.58 Å². The molecule has 2 heterocycles. The summed E-state index contributed by atoms with van der Waals surface area (Å²) in [6.45, 7) is 5.99. The van der Waals surface area contributed by atoms with Crippen molar-refractivity contribution in [2.24, 2.45) is 0 Å². The highest BCUT2D eigenvalue weighted by molar-refractivity contribution is 5.87. The Hall–Kier alpha value is -2.34. The predicted molar refractivity (Wildman–Crippen MR) is 98.5 cm³/mol. The molecule has 2 aromatic rings. The lowest BCUT2D eigenvalue weighted by atomic mass is 9.88. The van der Waals surface area contributed by atoms with Crippen LogP contribution >= 0.6 is 0 Å². The Morgan fingerprint density at radius 2 is 2.15 bits per heavy atom. The summed E-state index contributed by atoms with van der Waals surface area (Å²) in [4.78, 5) is 26.4. The van der Waals surface area contributed by atoms with Gasteiger partial charge in [0.15, 0.2) is 0 Å². The summed E-state index contributed by atoms with van der Waals surface area (Å²) < 4.78 is 10.4. The predicted octanol–water partition coefficient (Wildman–Crippen LogP) is 2.86. The smallest absolute Gasteiger partial charge is 0.305 e. The van der Waals surface area contributed by atoms with Crippen LogP contribution in [0.3, 0.4) is 0 Å². The zero-order valence-electron chi connectivity index (χ0n) is 15.4. The molecule has 1 aliphatic rings. The second kappa shape index (κ2) is 7.91. The fraction of sp³-hybridized carbons (Fsp3) is 0.500. The number of ether oxygens (including phenoxy) is 1. The minimum atomic E-state index is -0.501. The number of furan rings is 1. The molecule has 1 amide bonds. The molecule has 1 saturated heterocycles. The quantitative estimate of drug-likeness (QED) is 0.735. The molecule has 0 bridgehead atoms. The van der Waals surface area contributed by atoms with Gasteiger partial charge in [-0.2, -0.15) is 0 Å². The van der Waals surface area contributed by atoms with E-state index in [4.69, 9.17) is 9.15 Å². The summed E-state index contributed by atoms with van der Waals surface area (Å²) in [6.07, 6.45) is 3.40. The van der Waals surface area contributed by atoms with Gasteiger partial charge in [-0.3, -0.25) is 9.59 Å². The van der Waals surface area contributed by atoms with E-state index in [9.17, 15) is 9.59 Å². The number of benzene rings is 1. The van der Waals surface area contributed by atoms with E-state index < -0.39 is 5.54 Å². The standard InChI is InChI=1S/C20H26N2O4/c1-3-25-18(23)5-4-11-22(19(24)20(2)9-10-21-20)14-15-6-7-16-8-12-26-17(16)13-15/h6-8,12-13,21H,3-5,9-11,14H2,1-2H3. The molecule has 6 heteroatoms. The molecule has 1 atom stereocenters. The molecule has 26 heavy (non-hydrogen) atoms. The Morgan fingerprint density at radius 1 is 1.35 bits per heavy atom. The Labute approximate surface area is 153 Å². The largest absolute Gasteiger partial charge is 0.466 e. The third-order valence-corrected chi connectivity index (χ3v) is 4.91. The third kappa shape index (κ3) is 4.07. The number of fused-ring (bicyclic) bond motifs is 1. The van der Waals surface area contributed by atoms with Gasteiger partial charge in [0.05, 0.1) is 18.4 Å². The third-order valence-electron chi connectivity index (χ3n) is 4.91. The average Bonchev–Trinajstić information content (AvgIpc) is 3.06. The van der Waals surface area contributed by atoms with Crippen LogP contribution in [0.5, 0.6) is 0 Å². The molecule has 0 radical (unpaired) electrons. The van der Waals surface area contributed by atoms with Gasteiger partial charge in [0.25, 0.3) is 0 Å². The van der Waals surface area contributed by atoms with E-state index in [0.29, 0.717) is 32.5 Å². The molecule has 1 unspecified atom stereocenters. The van der Waals surface area contributed by atoms with Crippen molar-refractivity contribution in [2.75, 3.05) is 19.7 Å². The van der Waals surface area contributed by atoms with Crippen LogP contribution in [0.15, 0.2) is 34.9 Å². The average molecular weight is 358 g/mol. The highest BCUT2D eigenvalue weighted by atomic mass is 16.5. The summed E-state index contributed by atoms with van der Waals surface area (Å²) in [5.41, 5.74) is 1.33. The lowest BCUT2D eigenvalue weighted by molar-refractivity contribution is -0.145. The topological polar surface area (TPSA) is 71.8 Å². The maximum atomic E-state index is 13.0. The van der Waals surface area contributed by atoms with Crippen molar-refractivity contribution < 1.29 is 18.7 Å². The van der Waals surface area contributed by atoms with Crippen LogP contribution < -0.4 is 5.32 Å². The van der Waals surface area contributed by atoms with Crippen molar-refractivity contribution in [3.8, 4) is 0 Å². The van der Waals surface area contributed by atoms with Crippen LogP contribution in [0.25, 0.3) is 11.0 Å². The molecule has 1 aliphatic heterocycles. The van der Waals surface area contributed by atoms with Gasteiger partial charge in [-0.15, -0.1) is 0 Å². The first-order valence-electron chi connectivity index (χ1n) is 9.18. The van der Waals surface area contributed by atoms with Crippen LogP contribution in [0.4, 0.5) is 0 Å². The minimum absolute atomic E-state index is 0.0761. The lowest BCUT2D eigenvalue weighted by Gasteiger charge is -2.42.